The van der Waals surface area contributed by atoms with Crippen molar-refractivity contribution < 1.29 is 70.1 Å². The molecule has 0 aromatic heterocycles. The topological polar surface area (TPSA) is 346 Å². The molecule has 0 saturated carbocycles. The second-order valence-corrected chi connectivity index (χ2v) is 17.6. The van der Waals surface area contributed by atoms with E-state index < -0.39 is 134 Å². The number of nitrogens with zero attached hydrogens (tertiary/aromatic N) is 4. The average Bonchev–Trinajstić information content (AvgIpc) is 3.17. The first kappa shape index (κ1) is 43.8. The number of hydrogen-bond donors (Lipinski definition) is 0. The first-order valence-electron chi connectivity index (χ1n) is 15.0. The Morgan fingerprint density at radius 1 is 0.368 bits per heavy atom. The second kappa shape index (κ2) is 17.1. The van der Waals surface area contributed by atoms with Gasteiger partial charge in [-0.05, 0) is 24.3 Å². The third kappa shape index (κ3) is 10.3. The van der Waals surface area contributed by atoms with E-state index in [0.717, 1.165) is 72.8 Å². The Labute approximate surface area is 321 Å². The predicted octanol–water partition coefficient (Wildman–Crippen LogP) is 3.23. The van der Waals surface area contributed by atoms with Gasteiger partial charge in [-0.2, -0.15) is 33.7 Å². The van der Waals surface area contributed by atoms with E-state index in [-0.39, 0.29) is 0 Å². The number of rotatable bonds is 20. The fraction of sp³-hybridized carbons (Fsp3) is 0.172. The quantitative estimate of drug-likeness (QED) is 0.0698. The summed E-state index contributed by atoms with van der Waals surface area (Å²) < 4.78 is 127. The molecule has 24 nitrogen and oxygen atoms in total. The van der Waals surface area contributed by atoms with E-state index in [1.165, 1.54) is 0 Å². The lowest BCUT2D eigenvalue weighted by atomic mass is 9.93. The molecule has 0 atom stereocenters. The molecule has 0 bridgehead atoms. The lowest BCUT2D eigenvalue weighted by Gasteiger charge is -2.31. The van der Waals surface area contributed by atoms with Gasteiger partial charge in [-0.3, -0.25) is 57.2 Å². The number of benzene rings is 4. The van der Waals surface area contributed by atoms with Gasteiger partial charge in [0.1, 0.15) is 0 Å². The van der Waals surface area contributed by atoms with Crippen molar-refractivity contribution in [1.82, 2.24) is 0 Å². The molecule has 4 aromatic rings. The molecule has 0 radical (unpaired) electrons. The van der Waals surface area contributed by atoms with Crippen LogP contribution >= 0.6 is 0 Å². The molecule has 0 spiro atoms. The maximum atomic E-state index is 13.4. The minimum Gasteiger partial charge on any atom is -0.265 e. The molecule has 0 aliphatic rings. The largest absolute Gasteiger partial charge is 0.303 e. The Hall–Kier alpha value is -5.88. The zero-order chi connectivity index (χ0) is 42.4. The molecular formula is C29H24N4O20S4. The van der Waals surface area contributed by atoms with Gasteiger partial charge >= 0.3 is 40.5 Å². The van der Waals surface area contributed by atoms with Crippen LogP contribution in [0.25, 0.3) is 0 Å². The Balaban J connectivity index is 1.89. The molecule has 0 saturated heterocycles. The predicted molar refractivity (Wildman–Crippen MR) is 187 cm³/mol. The molecule has 0 aliphatic heterocycles. The van der Waals surface area contributed by atoms with Crippen molar-refractivity contribution >= 4 is 63.2 Å². The van der Waals surface area contributed by atoms with E-state index in [1.54, 1.807) is 0 Å². The highest BCUT2D eigenvalue weighted by atomic mass is 32.2. The summed E-state index contributed by atoms with van der Waals surface area (Å²) in [7, 11) is -21.5. The van der Waals surface area contributed by atoms with Crippen LogP contribution in [0.15, 0.2) is 117 Å². The number of nitro benzene ring substituents is 4. The highest BCUT2D eigenvalue weighted by Gasteiger charge is 2.43. The van der Waals surface area contributed by atoms with E-state index in [0.29, 0.717) is 24.3 Å². The highest BCUT2D eigenvalue weighted by molar-refractivity contribution is 7.87. The molecule has 304 valence electrons. The van der Waals surface area contributed by atoms with E-state index in [9.17, 15) is 74.1 Å². The van der Waals surface area contributed by atoms with Gasteiger partial charge in [-0.25, -0.2) is 0 Å². The van der Waals surface area contributed by atoms with Crippen LogP contribution in [0.3, 0.4) is 0 Å². The van der Waals surface area contributed by atoms with Crippen LogP contribution in [-0.4, -0.2) is 79.8 Å². The summed E-state index contributed by atoms with van der Waals surface area (Å²) in [5.41, 5.74) is -7.11. The zero-order valence-corrected chi connectivity index (χ0v) is 31.4. The molecule has 0 aliphatic carbocycles. The molecule has 28 heteroatoms. The SMILES string of the molecule is O=[N+]([O-])c1ccccc1S(=O)(=O)OCC(COS(=O)(=O)c1ccccc1[N+](=O)[O-])(COS(=O)(=O)c1ccccc1[N+](=O)[O-])COS(=O)(=O)c1ccccc1[N+](=O)[O-]. The molecule has 57 heavy (non-hydrogen) atoms. The maximum Gasteiger partial charge on any atom is 0.303 e. The minimum atomic E-state index is -5.37. The summed E-state index contributed by atoms with van der Waals surface area (Å²) in [6.45, 7) is -6.58. The molecule has 4 rings (SSSR count). The summed E-state index contributed by atoms with van der Waals surface area (Å²) in [5.74, 6) is 0. The van der Waals surface area contributed by atoms with Crippen LogP contribution < -0.4 is 0 Å². The monoisotopic (exact) mass is 876 g/mol. The molecule has 0 unspecified atom stereocenters. The first-order valence-corrected chi connectivity index (χ1v) is 20.7. The van der Waals surface area contributed by atoms with Gasteiger partial charge in [0.05, 0.1) is 51.5 Å². The molecule has 0 amide bonds. The number of nitro groups is 4. The third-order valence-electron chi connectivity index (χ3n) is 7.41. The van der Waals surface area contributed by atoms with Crippen molar-refractivity contribution in [3.05, 3.63) is 138 Å². The zero-order valence-electron chi connectivity index (χ0n) is 28.2. The van der Waals surface area contributed by atoms with Crippen molar-refractivity contribution in [2.45, 2.75) is 19.6 Å². The van der Waals surface area contributed by atoms with Crippen LogP contribution in [0.5, 0.6) is 0 Å². The number of para-hydroxylation sites is 4. The molecular weight excluding hydrogens is 853 g/mol. The van der Waals surface area contributed by atoms with Gasteiger partial charge in [0.15, 0.2) is 19.6 Å². The van der Waals surface area contributed by atoms with Crippen molar-refractivity contribution in [1.29, 1.82) is 0 Å². The maximum absolute atomic E-state index is 13.4. The fourth-order valence-electron chi connectivity index (χ4n) is 4.59. The normalized spacial score (nSPS) is 12.5. The Kier molecular flexibility index (Phi) is 13.1. The molecule has 0 fully saturated rings. The second-order valence-electron chi connectivity index (χ2n) is 11.3. The van der Waals surface area contributed by atoms with Gasteiger partial charge in [0.25, 0.3) is 22.7 Å². The number of hydrogen-bond acceptors (Lipinski definition) is 20. The Bertz CT molecular complexity index is 2320. The van der Waals surface area contributed by atoms with Gasteiger partial charge in [-0.15, -0.1) is 0 Å². The van der Waals surface area contributed by atoms with Crippen LogP contribution in [0.1, 0.15) is 0 Å². The van der Waals surface area contributed by atoms with Gasteiger partial charge in [-0.1, -0.05) is 48.5 Å². The Morgan fingerprint density at radius 3 is 0.719 bits per heavy atom. The van der Waals surface area contributed by atoms with Gasteiger partial charge in [0, 0.05) is 24.3 Å². The summed E-state index contributed by atoms with van der Waals surface area (Å²) in [6, 6.07) is 14.2. The smallest absolute Gasteiger partial charge is 0.265 e. The van der Waals surface area contributed by atoms with Gasteiger partial charge in [0.2, 0.25) is 0 Å². The van der Waals surface area contributed by atoms with Crippen molar-refractivity contribution in [3.8, 4) is 0 Å². The van der Waals surface area contributed by atoms with Crippen molar-refractivity contribution in [3.63, 3.8) is 0 Å². The lowest BCUT2D eigenvalue weighted by molar-refractivity contribution is -0.388. The summed E-state index contributed by atoms with van der Waals surface area (Å²) in [5, 5.41) is 46.5. The minimum absolute atomic E-state index is 0.704. The van der Waals surface area contributed by atoms with Crippen molar-refractivity contribution in [2.24, 2.45) is 5.41 Å². The van der Waals surface area contributed by atoms with E-state index in [1.807, 2.05) is 0 Å². The first-order chi connectivity index (χ1) is 26.5. The standard InChI is InChI=1S/C29H24N4O20S4/c34-30(35)21-9-1-5-13-25(21)54(42,43)50-17-29(18-51-55(44,45)26-14-6-2-10-22(26)31(36)37,19-52-56(46,47)27-15-7-3-11-23(27)32(38)39)20-53-57(48,49)28-16-8-4-12-24(28)33(40)41/h1-16H,17-20H2. The van der Waals surface area contributed by atoms with E-state index >= 15 is 0 Å². The van der Waals surface area contributed by atoms with Crippen LogP contribution in [0, 0.1) is 45.9 Å². The Morgan fingerprint density at radius 2 is 0.544 bits per heavy atom. The molecule has 0 N–H and O–H groups in total. The van der Waals surface area contributed by atoms with Gasteiger partial charge < -0.3 is 0 Å². The molecule has 0 heterocycles. The third-order valence-corrected chi connectivity index (χ3v) is 12.7. The van der Waals surface area contributed by atoms with Crippen LogP contribution in [-0.2, 0) is 57.2 Å². The summed E-state index contributed by atoms with van der Waals surface area (Å²) >= 11 is 0. The summed E-state index contributed by atoms with van der Waals surface area (Å²) in [4.78, 5) is 37.5. The van der Waals surface area contributed by atoms with E-state index in [4.69, 9.17) is 16.7 Å². The highest BCUT2D eigenvalue weighted by Crippen LogP contribution is 2.34. The lowest BCUT2D eigenvalue weighted by Crippen LogP contribution is -2.44. The van der Waals surface area contributed by atoms with Crippen LogP contribution in [0.2, 0.25) is 0 Å². The van der Waals surface area contributed by atoms with Crippen molar-refractivity contribution in [2.75, 3.05) is 26.4 Å². The van der Waals surface area contributed by atoms with E-state index in [2.05, 4.69) is 0 Å². The summed E-state index contributed by atoms with van der Waals surface area (Å²) in [6.07, 6.45) is 0. The average molecular weight is 877 g/mol. The fourth-order valence-corrected chi connectivity index (χ4v) is 9.30. The van der Waals surface area contributed by atoms with Crippen LogP contribution in [0.4, 0.5) is 22.7 Å². The molecule has 4 aromatic carbocycles.